The molecule has 0 amide bonds. The van der Waals surface area contributed by atoms with Crippen molar-refractivity contribution in [3.8, 4) is 5.75 Å². The van der Waals surface area contributed by atoms with Gasteiger partial charge in [0.15, 0.2) is 9.84 Å². The van der Waals surface area contributed by atoms with E-state index in [1.54, 1.807) is 12.1 Å². The predicted octanol–water partition coefficient (Wildman–Crippen LogP) is 2.68. The van der Waals surface area contributed by atoms with Gasteiger partial charge in [0, 0.05) is 6.07 Å². The third-order valence-electron chi connectivity index (χ3n) is 3.28. The van der Waals surface area contributed by atoms with E-state index in [0.29, 0.717) is 12.2 Å². The average molecular weight is 305 g/mol. The lowest BCUT2D eigenvalue weighted by Gasteiger charge is -2.09. The second kappa shape index (κ2) is 6.63. The Morgan fingerprint density at radius 1 is 1.10 bits per heavy atom. The van der Waals surface area contributed by atoms with E-state index in [1.807, 2.05) is 30.3 Å². The number of methoxy groups -OCH3 is 1. The zero-order chi connectivity index (χ0) is 15.3. The number of hydrogen-bond acceptors (Lipinski definition) is 4. The average Bonchev–Trinajstić information content (AvgIpc) is 2.48. The van der Waals surface area contributed by atoms with Gasteiger partial charge in [-0.3, -0.25) is 0 Å². The van der Waals surface area contributed by atoms with Crippen LogP contribution in [0, 0.1) is 0 Å². The van der Waals surface area contributed by atoms with Gasteiger partial charge in [-0.2, -0.15) is 0 Å². The van der Waals surface area contributed by atoms with Crippen LogP contribution in [0.15, 0.2) is 53.4 Å². The highest BCUT2D eigenvalue weighted by Gasteiger charge is 2.18. The van der Waals surface area contributed by atoms with Crippen LogP contribution in [0.1, 0.15) is 12.0 Å². The van der Waals surface area contributed by atoms with Crippen LogP contribution < -0.4 is 10.5 Å². The van der Waals surface area contributed by atoms with E-state index in [2.05, 4.69) is 0 Å². The first-order valence-electron chi connectivity index (χ1n) is 6.73. The molecular weight excluding hydrogens is 286 g/mol. The van der Waals surface area contributed by atoms with E-state index in [0.717, 1.165) is 12.0 Å². The van der Waals surface area contributed by atoms with Crippen LogP contribution in [0.5, 0.6) is 5.75 Å². The maximum atomic E-state index is 12.4. The van der Waals surface area contributed by atoms with Gasteiger partial charge in [-0.05, 0) is 30.5 Å². The highest BCUT2D eigenvalue weighted by Crippen LogP contribution is 2.25. The Bertz CT molecular complexity index is 697. The van der Waals surface area contributed by atoms with E-state index in [1.165, 1.54) is 13.2 Å². The van der Waals surface area contributed by atoms with Gasteiger partial charge in [-0.25, -0.2) is 8.42 Å². The molecule has 0 saturated heterocycles. The fourth-order valence-electron chi connectivity index (χ4n) is 2.13. The molecule has 0 aromatic heterocycles. The minimum Gasteiger partial charge on any atom is -0.497 e. The summed E-state index contributed by atoms with van der Waals surface area (Å²) in [6.45, 7) is 0. The van der Waals surface area contributed by atoms with Crippen molar-refractivity contribution in [2.24, 2.45) is 0 Å². The largest absolute Gasteiger partial charge is 0.497 e. The Balaban J connectivity index is 2.08. The summed E-state index contributed by atoms with van der Waals surface area (Å²) >= 11 is 0. The first-order chi connectivity index (χ1) is 10.0. The highest BCUT2D eigenvalue weighted by molar-refractivity contribution is 7.91. The molecule has 0 saturated carbocycles. The first-order valence-corrected chi connectivity index (χ1v) is 8.38. The third kappa shape index (κ3) is 3.98. The Kier molecular flexibility index (Phi) is 4.85. The van der Waals surface area contributed by atoms with E-state index >= 15 is 0 Å². The summed E-state index contributed by atoms with van der Waals surface area (Å²) in [5.74, 6) is 0.560. The summed E-state index contributed by atoms with van der Waals surface area (Å²) in [5.41, 5.74) is 7.17. The van der Waals surface area contributed by atoms with E-state index in [-0.39, 0.29) is 16.3 Å². The molecule has 0 unspecified atom stereocenters. The zero-order valence-electron chi connectivity index (χ0n) is 12.0. The van der Waals surface area contributed by atoms with Crippen molar-refractivity contribution in [1.29, 1.82) is 0 Å². The molecule has 0 radical (unpaired) electrons. The summed E-state index contributed by atoms with van der Waals surface area (Å²) < 4.78 is 29.8. The van der Waals surface area contributed by atoms with Crippen molar-refractivity contribution >= 4 is 15.5 Å². The number of nitrogens with two attached hydrogens (primary N) is 1. The molecule has 2 rings (SSSR count). The minimum atomic E-state index is -3.40. The molecule has 0 spiro atoms. The van der Waals surface area contributed by atoms with Crippen molar-refractivity contribution in [2.75, 3.05) is 18.6 Å². The first kappa shape index (κ1) is 15.4. The Morgan fingerprint density at radius 3 is 2.48 bits per heavy atom. The molecule has 21 heavy (non-hydrogen) atoms. The normalized spacial score (nSPS) is 11.3. The molecule has 112 valence electrons. The van der Waals surface area contributed by atoms with Crippen LogP contribution in [0.2, 0.25) is 0 Å². The lowest BCUT2D eigenvalue weighted by Crippen LogP contribution is -2.10. The summed E-state index contributed by atoms with van der Waals surface area (Å²) in [5, 5.41) is 0. The number of anilines is 1. The highest BCUT2D eigenvalue weighted by atomic mass is 32.2. The topological polar surface area (TPSA) is 69.4 Å². The smallest absolute Gasteiger partial charge is 0.180 e. The molecule has 0 atom stereocenters. The second-order valence-corrected chi connectivity index (χ2v) is 6.89. The molecular formula is C16H19NO3S. The predicted molar refractivity (Wildman–Crippen MR) is 84.2 cm³/mol. The quantitative estimate of drug-likeness (QED) is 0.833. The second-order valence-electron chi connectivity index (χ2n) is 4.81. The molecule has 0 aliphatic rings. The number of aryl methyl sites for hydroxylation is 1. The standard InChI is InChI=1S/C16H19NO3S/c1-20-14-9-10-15(17)16(12-14)21(18,19)11-5-8-13-6-3-2-4-7-13/h2-4,6-7,9-10,12H,5,8,11,17H2,1H3. The lowest BCUT2D eigenvalue weighted by atomic mass is 10.1. The van der Waals surface area contributed by atoms with Gasteiger partial charge in [0.1, 0.15) is 5.75 Å². The van der Waals surface area contributed by atoms with E-state index in [9.17, 15) is 8.42 Å². The fraction of sp³-hybridized carbons (Fsp3) is 0.250. The summed E-state index contributed by atoms with van der Waals surface area (Å²) in [7, 11) is -1.90. The maximum absolute atomic E-state index is 12.4. The van der Waals surface area contributed by atoms with Crippen LogP contribution in [0.25, 0.3) is 0 Å². The number of rotatable bonds is 6. The Labute approximate surface area is 125 Å². The van der Waals surface area contributed by atoms with Gasteiger partial charge in [-0.1, -0.05) is 30.3 Å². The molecule has 0 aliphatic heterocycles. The number of hydrogen-bond donors (Lipinski definition) is 1. The van der Waals surface area contributed by atoms with Crippen LogP contribution in [-0.4, -0.2) is 21.3 Å². The number of sulfone groups is 1. The van der Waals surface area contributed by atoms with Gasteiger partial charge in [0.25, 0.3) is 0 Å². The van der Waals surface area contributed by atoms with Crippen molar-refractivity contribution in [2.45, 2.75) is 17.7 Å². The summed E-state index contributed by atoms with van der Waals surface area (Å²) in [6.07, 6.45) is 1.28. The molecule has 0 bridgehead atoms. The van der Waals surface area contributed by atoms with E-state index in [4.69, 9.17) is 10.5 Å². The fourth-order valence-corrected chi connectivity index (χ4v) is 3.60. The van der Waals surface area contributed by atoms with Crippen molar-refractivity contribution < 1.29 is 13.2 Å². The number of ether oxygens (including phenoxy) is 1. The summed E-state index contributed by atoms with van der Waals surface area (Å²) in [6, 6.07) is 14.5. The molecule has 0 fully saturated rings. The zero-order valence-corrected chi connectivity index (χ0v) is 12.8. The van der Waals surface area contributed by atoms with Gasteiger partial charge in [0.05, 0.1) is 23.4 Å². The number of nitrogen functional groups attached to an aromatic ring is 1. The lowest BCUT2D eigenvalue weighted by molar-refractivity contribution is 0.413. The van der Waals surface area contributed by atoms with Gasteiger partial charge in [-0.15, -0.1) is 0 Å². The van der Waals surface area contributed by atoms with Gasteiger partial charge >= 0.3 is 0 Å². The van der Waals surface area contributed by atoms with Crippen molar-refractivity contribution in [3.05, 3.63) is 54.1 Å². The van der Waals surface area contributed by atoms with E-state index < -0.39 is 9.84 Å². The Morgan fingerprint density at radius 2 is 1.81 bits per heavy atom. The number of benzene rings is 2. The van der Waals surface area contributed by atoms with Gasteiger partial charge in [0.2, 0.25) is 0 Å². The monoisotopic (exact) mass is 305 g/mol. The summed E-state index contributed by atoms with van der Waals surface area (Å²) in [4.78, 5) is 0.148. The van der Waals surface area contributed by atoms with Crippen LogP contribution in [0.3, 0.4) is 0 Å². The Hall–Kier alpha value is -2.01. The minimum absolute atomic E-state index is 0.0687. The van der Waals surface area contributed by atoms with Crippen molar-refractivity contribution in [1.82, 2.24) is 0 Å². The van der Waals surface area contributed by atoms with Crippen LogP contribution >= 0.6 is 0 Å². The molecule has 2 N–H and O–H groups in total. The molecule has 2 aromatic carbocycles. The van der Waals surface area contributed by atoms with Gasteiger partial charge < -0.3 is 10.5 Å². The molecule has 5 heteroatoms. The molecule has 4 nitrogen and oxygen atoms in total. The molecule has 2 aromatic rings. The third-order valence-corrected chi connectivity index (χ3v) is 5.13. The maximum Gasteiger partial charge on any atom is 0.180 e. The molecule has 0 heterocycles. The SMILES string of the molecule is COc1ccc(N)c(S(=O)(=O)CCCc2ccccc2)c1. The molecule has 0 aliphatic carbocycles. The van der Waals surface area contributed by atoms with Crippen LogP contribution in [0.4, 0.5) is 5.69 Å². The van der Waals surface area contributed by atoms with Crippen molar-refractivity contribution in [3.63, 3.8) is 0 Å². The van der Waals surface area contributed by atoms with Crippen LogP contribution in [-0.2, 0) is 16.3 Å².